The van der Waals surface area contributed by atoms with Crippen molar-refractivity contribution >= 4 is 5.95 Å². The zero-order valence-corrected chi connectivity index (χ0v) is 10.1. The molecule has 0 aliphatic carbocycles. The van der Waals surface area contributed by atoms with Crippen molar-refractivity contribution in [3.8, 4) is 5.75 Å². The van der Waals surface area contributed by atoms with Crippen LogP contribution in [0.15, 0.2) is 36.7 Å². The molecular weight excluding hydrogens is 214 g/mol. The number of nitrogens with two attached hydrogens (primary N) is 1. The topological polar surface area (TPSA) is 74.9 Å². The lowest BCUT2D eigenvalue weighted by molar-refractivity contribution is 0.467. The minimum Gasteiger partial charge on any atom is -0.508 e. The summed E-state index contributed by atoms with van der Waals surface area (Å²) in [6.45, 7) is 2.15. The van der Waals surface area contributed by atoms with Gasteiger partial charge in [-0.15, -0.1) is 0 Å². The molecule has 0 aliphatic rings. The van der Waals surface area contributed by atoms with Crippen molar-refractivity contribution in [2.24, 2.45) is 0 Å². The van der Waals surface area contributed by atoms with Crippen LogP contribution in [-0.4, -0.2) is 15.1 Å². The number of phenols is 1. The summed E-state index contributed by atoms with van der Waals surface area (Å²) in [6.07, 6.45) is 6.60. The van der Waals surface area contributed by atoms with Crippen LogP contribution in [0.5, 0.6) is 5.75 Å². The highest BCUT2D eigenvalue weighted by molar-refractivity contribution is 5.31. The number of nitrogen functional groups attached to an aromatic ring is 1. The number of aryl methyl sites for hydroxylation is 1. The molecule has 92 valence electrons. The molecular formula is C13H19N3O. The van der Waals surface area contributed by atoms with E-state index in [1.54, 1.807) is 18.5 Å². The fourth-order valence-electron chi connectivity index (χ4n) is 1.37. The third-order valence-electron chi connectivity index (χ3n) is 2.31. The molecule has 0 bridgehead atoms. The van der Waals surface area contributed by atoms with Crippen molar-refractivity contribution in [2.75, 3.05) is 5.73 Å². The molecule has 1 heterocycles. The molecule has 0 atom stereocenters. The molecule has 0 aliphatic heterocycles. The summed E-state index contributed by atoms with van der Waals surface area (Å²) >= 11 is 0. The lowest BCUT2D eigenvalue weighted by Gasteiger charge is -2.01. The van der Waals surface area contributed by atoms with Crippen molar-refractivity contribution in [3.63, 3.8) is 0 Å². The Labute approximate surface area is 102 Å². The second-order valence-electron chi connectivity index (χ2n) is 3.71. The van der Waals surface area contributed by atoms with Gasteiger partial charge in [0.2, 0.25) is 0 Å². The van der Waals surface area contributed by atoms with Gasteiger partial charge in [0.1, 0.15) is 5.75 Å². The van der Waals surface area contributed by atoms with Crippen LogP contribution in [0.3, 0.4) is 0 Å². The van der Waals surface area contributed by atoms with Gasteiger partial charge in [0.15, 0.2) is 5.95 Å². The van der Waals surface area contributed by atoms with E-state index in [2.05, 4.69) is 16.9 Å². The number of unbranched alkanes of at least 4 members (excludes halogenated alkanes) is 1. The lowest BCUT2D eigenvalue weighted by Crippen LogP contribution is -1.83. The number of benzene rings is 1. The molecule has 0 unspecified atom stereocenters. The van der Waals surface area contributed by atoms with Gasteiger partial charge >= 0.3 is 0 Å². The molecule has 17 heavy (non-hydrogen) atoms. The number of aromatic hydroxyl groups is 1. The molecule has 0 amide bonds. The highest BCUT2D eigenvalue weighted by Crippen LogP contribution is 2.17. The molecule has 4 nitrogen and oxygen atoms in total. The number of hydrogen-bond acceptors (Lipinski definition) is 3. The molecule has 4 N–H and O–H groups in total. The van der Waals surface area contributed by atoms with Crippen LogP contribution in [-0.2, 0) is 6.42 Å². The average molecular weight is 233 g/mol. The molecule has 0 saturated carbocycles. The van der Waals surface area contributed by atoms with Gasteiger partial charge in [-0.3, -0.25) is 0 Å². The summed E-state index contributed by atoms with van der Waals surface area (Å²) in [5.74, 6) is 0.899. The largest absolute Gasteiger partial charge is 0.508 e. The van der Waals surface area contributed by atoms with E-state index in [-0.39, 0.29) is 0 Å². The molecule has 0 saturated heterocycles. The quantitative estimate of drug-likeness (QED) is 0.763. The van der Waals surface area contributed by atoms with Crippen molar-refractivity contribution in [1.82, 2.24) is 9.97 Å². The first kappa shape index (κ1) is 13.1. The van der Waals surface area contributed by atoms with E-state index in [0.717, 1.165) is 18.4 Å². The fourth-order valence-corrected chi connectivity index (χ4v) is 1.37. The number of para-hydroxylation sites is 1. The van der Waals surface area contributed by atoms with E-state index in [1.807, 2.05) is 18.2 Å². The number of aromatic amines is 1. The summed E-state index contributed by atoms with van der Waals surface area (Å²) in [5.41, 5.74) is 6.18. The second-order valence-corrected chi connectivity index (χ2v) is 3.71. The van der Waals surface area contributed by atoms with Crippen LogP contribution in [0.2, 0.25) is 0 Å². The summed E-state index contributed by atoms with van der Waals surface area (Å²) in [7, 11) is 0. The number of nitrogens with zero attached hydrogens (tertiary/aromatic N) is 1. The average Bonchev–Trinajstić information content (AvgIpc) is 2.80. The predicted molar refractivity (Wildman–Crippen MR) is 69.7 cm³/mol. The van der Waals surface area contributed by atoms with Crippen LogP contribution in [0.4, 0.5) is 5.95 Å². The monoisotopic (exact) mass is 233 g/mol. The zero-order valence-electron chi connectivity index (χ0n) is 10.1. The summed E-state index contributed by atoms with van der Waals surface area (Å²) in [4.78, 5) is 6.31. The van der Waals surface area contributed by atoms with Crippen LogP contribution >= 0.6 is 0 Å². The molecule has 0 radical (unpaired) electrons. The van der Waals surface area contributed by atoms with Gasteiger partial charge < -0.3 is 15.8 Å². The smallest absolute Gasteiger partial charge is 0.197 e. The summed E-state index contributed by atoms with van der Waals surface area (Å²) < 4.78 is 0. The van der Waals surface area contributed by atoms with E-state index < -0.39 is 0 Å². The molecule has 1 aromatic carbocycles. The third-order valence-corrected chi connectivity index (χ3v) is 2.31. The molecule has 2 aromatic rings. The van der Waals surface area contributed by atoms with Crippen molar-refractivity contribution < 1.29 is 5.11 Å². The first-order valence-corrected chi connectivity index (χ1v) is 5.75. The Morgan fingerprint density at radius 2 is 2.12 bits per heavy atom. The number of phenolic OH excluding ortho intramolecular Hbond substituents is 1. The van der Waals surface area contributed by atoms with Gasteiger partial charge in [-0.25, -0.2) is 4.98 Å². The number of imidazole rings is 1. The Morgan fingerprint density at radius 1 is 1.35 bits per heavy atom. The van der Waals surface area contributed by atoms with Gasteiger partial charge in [-0.1, -0.05) is 31.5 Å². The van der Waals surface area contributed by atoms with Crippen molar-refractivity contribution in [2.45, 2.75) is 26.2 Å². The molecule has 0 fully saturated rings. The van der Waals surface area contributed by atoms with Gasteiger partial charge in [-0.05, 0) is 24.5 Å². The summed E-state index contributed by atoms with van der Waals surface area (Å²) in [6, 6.07) is 7.53. The van der Waals surface area contributed by atoms with Crippen LogP contribution in [0, 0.1) is 0 Å². The van der Waals surface area contributed by atoms with Crippen LogP contribution in [0.25, 0.3) is 0 Å². The molecule has 1 aromatic heterocycles. The number of nitrogens with one attached hydrogen (secondary N) is 1. The number of aromatic nitrogens is 2. The van der Waals surface area contributed by atoms with Crippen molar-refractivity contribution in [3.05, 3.63) is 42.2 Å². The number of H-pyrrole nitrogens is 1. The van der Waals surface area contributed by atoms with Gasteiger partial charge in [0, 0.05) is 12.4 Å². The van der Waals surface area contributed by atoms with E-state index in [1.165, 1.54) is 6.42 Å². The van der Waals surface area contributed by atoms with E-state index in [9.17, 15) is 5.11 Å². The minimum absolute atomic E-state index is 0.431. The first-order valence-electron chi connectivity index (χ1n) is 5.75. The minimum atomic E-state index is 0.431. The molecule has 2 rings (SSSR count). The maximum Gasteiger partial charge on any atom is 0.197 e. The van der Waals surface area contributed by atoms with Gasteiger partial charge in [0.25, 0.3) is 0 Å². The Kier molecular flexibility index (Phi) is 5.64. The Balaban J connectivity index is 0.000000202. The normalized spacial score (nSPS) is 9.47. The Hall–Kier alpha value is -1.97. The van der Waals surface area contributed by atoms with E-state index in [0.29, 0.717) is 11.7 Å². The highest BCUT2D eigenvalue weighted by Gasteiger charge is 1.96. The fraction of sp³-hybridized carbons (Fsp3) is 0.308. The van der Waals surface area contributed by atoms with Gasteiger partial charge in [0.05, 0.1) is 0 Å². The van der Waals surface area contributed by atoms with Crippen LogP contribution in [0.1, 0.15) is 25.3 Å². The number of anilines is 1. The highest BCUT2D eigenvalue weighted by atomic mass is 16.3. The van der Waals surface area contributed by atoms with Crippen LogP contribution < -0.4 is 5.73 Å². The molecule has 0 spiro atoms. The maximum atomic E-state index is 9.34. The van der Waals surface area contributed by atoms with E-state index in [4.69, 9.17) is 5.73 Å². The summed E-state index contributed by atoms with van der Waals surface area (Å²) in [5, 5.41) is 9.34. The zero-order chi connectivity index (χ0) is 12.5. The lowest BCUT2D eigenvalue weighted by atomic mass is 10.1. The van der Waals surface area contributed by atoms with E-state index >= 15 is 0 Å². The predicted octanol–water partition coefficient (Wildman–Crippen LogP) is 2.73. The van der Waals surface area contributed by atoms with Gasteiger partial charge in [-0.2, -0.15) is 0 Å². The second kappa shape index (κ2) is 7.33. The first-order chi connectivity index (χ1) is 8.24. The Morgan fingerprint density at radius 3 is 2.59 bits per heavy atom. The van der Waals surface area contributed by atoms with Crippen molar-refractivity contribution in [1.29, 1.82) is 0 Å². The molecule has 4 heteroatoms. The Bertz CT molecular complexity index is 412. The third kappa shape index (κ3) is 5.06. The SMILES string of the molecule is CCCCc1ccccc1O.Nc1ncc[nH]1. The number of hydrogen-bond donors (Lipinski definition) is 3. The number of rotatable bonds is 3. The maximum absolute atomic E-state index is 9.34. The standard InChI is InChI=1S/C10H14O.C3H5N3/c1-2-3-6-9-7-4-5-8-10(9)11;4-3-5-1-2-6-3/h4-5,7-8,11H,2-3,6H2,1H3;1-2H,(H3,4,5,6).